The minimum Gasteiger partial charge on any atom is -0.466 e. The van der Waals surface area contributed by atoms with Crippen molar-refractivity contribution in [2.45, 2.75) is 13.8 Å². The van der Waals surface area contributed by atoms with Gasteiger partial charge in [-0.15, -0.1) is 0 Å². The smallest absolute Gasteiger partial charge is 0.323 e. The molecule has 1 heterocycles. The highest BCUT2D eigenvalue weighted by Crippen LogP contribution is 2.19. The maximum atomic E-state index is 12.4. The Labute approximate surface area is 151 Å². The van der Waals surface area contributed by atoms with Crippen molar-refractivity contribution in [3.63, 3.8) is 0 Å². The predicted molar refractivity (Wildman–Crippen MR) is 102 cm³/mol. The zero-order valence-electron chi connectivity index (χ0n) is 14.5. The van der Waals surface area contributed by atoms with Gasteiger partial charge >= 0.3 is 6.03 Å². The fourth-order valence-electron chi connectivity index (χ4n) is 2.54. The molecule has 0 bridgehead atoms. The van der Waals surface area contributed by atoms with Gasteiger partial charge in [0.1, 0.15) is 11.5 Å². The van der Waals surface area contributed by atoms with Crippen molar-refractivity contribution in [3.8, 4) is 0 Å². The number of carbonyl (C=O) groups is 2. The molecule has 2 aromatic carbocycles. The Morgan fingerprint density at radius 2 is 1.38 bits per heavy atom. The van der Waals surface area contributed by atoms with Crippen molar-refractivity contribution >= 4 is 29.0 Å². The SMILES string of the molecule is Cc1cc(C(=O)Nc2cccc(NC(=O)Nc3ccccc3)c2)c(C)o1. The monoisotopic (exact) mass is 349 g/mol. The molecule has 3 aromatic rings. The lowest BCUT2D eigenvalue weighted by Crippen LogP contribution is -2.19. The molecule has 0 aliphatic rings. The van der Waals surface area contributed by atoms with Crippen LogP contribution in [0.15, 0.2) is 65.1 Å². The number of hydrogen-bond donors (Lipinski definition) is 3. The van der Waals surface area contributed by atoms with Crippen LogP contribution in [0.1, 0.15) is 21.9 Å². The fraction of sp³-hybridized carbons (Fsp3) is 0.100. The van der Waals surface area contributed by atoms with Crippen molar-refractivity contribution in [2.24, 2.45) is 0 Å². The Bertz CT molecular complexity index is 932. The average Bonchev–Trinajstić information content (AvgIpc) is 2.94. The van der Waals surface area contributed by atoms with E-state index in [0.29, 0.717) is 34.1 Å². The number of hydrogen-bond acceptors (Lipinski definition) is 3. The van der Waals surface area contributed by atoms with Gasteiger partial charge in [-0.2, -0.15) is 0 Å². The largest absolute Gasteiger partial charge is 0.466 e. The molecule has 26 heavy (non-hydrogen) atoms. The summed E-state index contributed by atoms with van der Waals surface area (Å²) in [4.78, 5) is 24.4. The van der Waals surface area contributed by atoms with Crippen LogP contribution >= 0.6 is 0 Å². The summed E-state index contributed by atoms with van der Waals surface area (Å²) in [5, 5.41) is 8.28. The molecule has 1 aromatic heterocycles. The van der Waals surface area contributed by atoms with Gasteiger partial charge in [0.05, 0.1) is 5.56 Å². The van der Waals surface area contributed by atoms with Crippen LogP contribution in [0.4, 0.5) is 21.9 Å². The lowest BCUT2D eigenvalue weighted by Gasteiger charge is -2.10. The van der Waals surface area contributed by atoms with E-state index in [-0.39, 0.29) is 11.9 Å². The van der Waals surface area contributed by atoms with E-state index in [2.05, 4.69) is 16.0 Å². The van der Waals surface area contributed by atoms with E-state index in [1.807, 2.05) is 18.2 Å². The number of nitrogens with one attached hydrogen (secondary N) is 3. The van der Waals surface area contributed by atoms with Crippen molar-refractivity contribution in [2.75, 3.05) is 16.0 Å². The van der Waals surface area contributed by atoms with Crippen LogP contribution in [-0.4, -0.2) is 11.9 Å². The van der Waals surface area contributed by atoms with Crippen LogP contribution in [-0.2, 0) is 0 Å². The summed E-state index contributed by atoms with van der Waals surface area (Å²) in [5.41, 5.74) is 2.32. The maximum Gasteiger partial charge on any atom is 0.323 e. The van der Waals surface area contributed by atoms with E-state index in [1.54, 1.807) is 56.3 Å². The number of para-hydroxylation sites is 1. The minimum atomic E-state index is -0.360. The third kappa shape index (κ3) is 4.30. The van der Waals surface area contributed by atoms with Gasteiger partial charge in [0, 0.05) is 17.1 Å². The van der Waals surface area contributed by atoms with Crippen molar-refractivity contribution in [1.29, 1.82) is 0 Å². The van der Waals surface area contributed by atoms with Gasteiger partial charge < -0.3 is 20.4 Å². The molecule has 3 N–H and O–H groups in total. The number of aryl methyl sites for hydroxylation is 2. The number of benzene rings is 2. The van der Waals surface area contributed by atoms with Gasteiger partial charge in [0.2, 0.25) is 0 Å². The molecule has 6 nitrogen and oxygen atoms in total. The number of carbonyl (C=O) groups excluding carboxylic acids is 2. The lowest BCUT2D eigenvalue weighted by molar-refractivity contribution is 0.102. The Balaban J connectivity index is 1.65. The Morgan fingerprint density at radius 1 is 0.769 bits per heavy atom. The molecule has 0 radical (unpaired) electrons. The second-order valence-electron chi connectivity index (χ2n) is 5.81. The molecule has 0 saturated carbocycles. The van der Waals surface area contributed by atoms with E-state index in [4.69, 9.17) is 4.42 Å². The first-order valence-electron chi connectivity index (χ1n) is 8.13. The standard InChI is InChI=1S/C20H19N3O3/c1-13-11-18(14(2)26-13)19(24)21-16-9-6-10-17(12-16)23-20(25)22-15-7-4-3-5-8-15/h3-12H,1-2H3,(H,21,24)(H2,22,23,25). The Hall–Kier alpha value is -3.54. The van der Waals surface area contributed by atoms with E-state index in [9.17, 15) is 9.59 Å². The van der Waals surface area contributed by atoms with Crippen LogP contribution in [0.5, 0.6) is 0 Å². The van der Waals surface area contributed by atoms with Gasteiger partial charge in [-0.1, -0.05) is 24.3 Å². The molecule has 3 amide bonds. The molecule has 0 spiro atoms. The van der Waals surface area contributed by atoms with Crippen LogP contribution in [0.3, 0.4) is 0 Å². The van der Waals surface area contributed by atoms with Crippen molar-refractivity contribution in [1.82, 2.24) is 0 Å². The summed E-state index contributed by atoms with van der Waals surface area (Å²) < 4.78 is 5.38. The average molecular weight is 349 g/mol. The molecule has 3 rings (SSSR count). The summed E-state index contributed by atoms with van der Waals surface area (Å²) in [7, 11) is 0. The summed E-state index contributed by atoms with van der Waals surface area (Å²) in [6, 6.07) is 17.4. The molecule has 6 heteroatoms. The molecule has 0 fully saturated rings. The van der Waals surface area contributed by atoms with E-state index in [1.165, 1.54) is 0 Å². The Kier molecular flexibility index (Phi) is 5.03. The molecular weight excluding hydrogens is 330 g/mol. The van der Waals surface area contributed by atoms with Crippen LogP contribution in [0.2, 0.25) is 0 Å². The normalized spacial score (nSPS) is 10.2. The summed E-state index contributed by atoms with van der Waals surface area (Å²) in [6.07, 6.45) is 0. The molecule has 0 atom stereocenters. The molecule has 0 saturated heterocycles. The third-order valence-corrected chi connectivity index (χ3v) is 3.70. The van der Waals surface area contributed by atoms with Gasteiger partial charge in [-0.25, -0.2) is 4.79 Å². The van der Waals surface area contributed by atoms with Crippen LogP contribution in [0, 0.1) is 13.8 Å². The zero-order chi connectivity index (χ0) is 18.5. The van der Waals surface area contributed by atoms with Gasteiger partial charge in [-0.05, 0) is 50.2 Å². The third-order valence-electron chi connectivity index (χ3n) is 3.70. The first-order chi connectivity index (χ1) is 12.5. The molecule has 132 valence electrons. The lowest BCUT2D eigenvalue weighted by atomic mass is 10.2. The minimum absolute atomic E-state index is 0.259. The molecule has 0 aliphatic heterocycles. The quantitative estimate of drug-likeness (QED) is 0.633. The summed E-state index contributed by atoms with van der Waals surface area (Å²) in [5.74, 6) is 0.988. The first-order valence-corrected chi connectivity index (χ1v) is 8.13. The number of amides is 3. The van der Waals surface area contributed by atoms with E-state index < -0.39 is 0 Å². The predicted octanol–water partition coefficient (Wildman–Crippen LogP) is 4.79. The van der Waals surface area contributed by atoms with Crippen LogP contribution in [0.25, 0.3) is 0 Å². The number of urea groups is 1. The number of anilines is 3. The zero-order valence-corrected chi connectivity index (χ0v) is 14.5. The highest BCUT2D eigenvalue weighted by molar-refractivity contribution is 6.05. The second-order valence-corrected chi connectivity index (χ2v) is 5.81. The molecular formula is C20H19N3O3. The van der Waals surface area contributed by atoms with Crippen LogP contribution < -0.4 is 16.0 Å². The number of furan rings is 1. The number of rotatable bonds is 4. The Morgan fingerprint density at radius 3 is 2.04 bits per heavy atom. The van der Waals surface area contributed by atoms with Crippen molar-refractivity contribution in [3.05, 3.63) is 77.7 Å². The molecule has 0 aliphatic carbocycles. The highest BCUT2D eigenvalue weighted by Gasteiger charge is 2.14. The van der Waals surface area contributed by atoms with E-state index >= 15 is 0 Å². The molecule has 0 unspecified atom stereocenters. The highest BCUT2D eigenvalue weighted by atomic mass is 16.3. The summed E-state index contributed by atoms with van der Waals surface area (Å²) >= 11 is 0. The van der Waals surface area contributed by atoms with E-state index in [0.717, 1.165) is 0 Å². The fourth-order valence-corrected chi connectivity index (χ4v) is 2.54. The first kappa shape index (κ1) is 17.3. The van der Waals surface area contributed by atoms with Gasteiger partial charge in [0.15, 0.2) is 0 Å². The second kappa shape index (κ2) is 7.57. The van der Waals surface area contributed by atoms with Crippen molar-refractivity contribution < 1.29 is 14.0 Å². The maximum absolute atomic E-state index is 12.4. The van der Waals surface area contributed by atoms with Gasteiger partial charge in [0.25, 0.3) is 5.91 Å². The van der Waals surface area contributed by atoms with Gasteiger partial charge in [-0.3, -0.25) is 4.79 Å². The summed E-state index contributed by atoms with van der Waals surface area (Å²) in [6.45, 7) is 3.54. The topological polar surface area (TPSA) is 83.4 Å².